The van der Waals surface area contributed by atoms with Crippen molar-refractivity contribution in [3.8, 4) is 0 Å². The lowest BCUT2D eigenvalue weighted by Gasteiger charge is -2.31. The van der Waals surface area contributed by atoms with E-state index in [1.54, 1.807) is 13.0 Å². The van der Waals surface area contributed by atoms with Gasteiger partial charge in [-0.05, 0) is 55.9 Å². The SMILES string of the molecule is CCCC(Nc1cc(C)cc(F)c1)(C(=O)O)C1CC1. The lowest BCUT2D eigenvalue weighted by Crippen LogP contribution is -2.48. The molecular formula is C15H20FNO2. The fourth-order valence-electron chi connectivity index (χ4n) is 2.74. The second kappa shape index (κ2) is 5.19. The number of anilines is 1. The quantitative estimate of drug-likeness (QED) is 0.826. The third-order valence-electron chi connectivity index (χ3n) is 3.71. The predicted octanol–water partition coefficient (Wildman–Crippen LogP) is 3.58. The van der Waals surface area contributed by atoms with Gasteiger partial charge < -0.3 is 10.4 Å². The van der Waals surface area contributed by atoms with Crippen LogP contribution in [-0.2, 0) is 4.79 Å². The first-order valence-corrected chi connectivity index (χ1v) is 6.76. The van der Waals surface area contributed by atoms with Gasteiger partial charge in [0, 0.05) is 5.69 Å². The molecule has 0 spiro atoms. The fourth-order valence-corrected chi connectivity index (χ4v) is 2.74. The highest BCUT2D eigenvalue weighted by Gasteiger charge is 2.50. The molecular weight excluding hydrogens is 245 g/mol. The average Bonchev–Trinajstić information content (AvgIpc) is 3.10. The highest BCUT2D eigenvalue weighted by Crippen LogP contribution is 2.44. The number of carboxylic acids is 1. The largest absolute Gasteiger partial charge is 0.479 e. The van der Waals surface area contributed by atoms with Crippen molar-refractivity contribution >= 4 is 11.7 Å². The van der Waals surface area contributed by atoms with Crippen LogP contribution >= 0.6 is 0 Å². The summed E-state index contributed by atoms with van der Waals surface area (Å²) >= 11 is 0. The number of aliphatic carboxylic acids is 1. The lowest BCUT2D eigenvalue weighted by molar-refractivity contribution is -0.143. The maximum atomic E-state index is 13.4. The molecule has 1 fully saturated rings. The molecule has 4 heteroatoms. The van der Waals surface area contributed by atoms with Gasteiger partial charge in [0.25, 0.3) is 0 Å². The Labute approximate surface area is 112 Å². The Morgan fingerprint density at radius 3 is 2.63 bits per heavy atom. The monoisotopic (exact) mass is 265 g/mol. The summed E-state index contributed by atoms with van der Waals surface area (Å²) in [6.45, 7) is 3.77. The van der Waals surface area contributed by atoms with Crippen molar-refractivity contribution in [2.24, 2.45) is 5.92 Å². The van der Waals surface area contributed by atoms with Crippen LogP contribution in [0.25, 0.3) is 0 Å². The Balaban J connectivity index is 2.31. The van der Waals surface area contributed by atoms with E-state index >= 15 is 0 Å². The number of hydrogen-bond donors (Lipinski definition) is 2. The number of benzene rings is 1. The Hall–Kier alpha value is -1.58. The second-order valence-electron chi connectivity index (χ2n) is 5.44. The van der Waals surface area contributed by atoms with Crippen LogP contribution in [0.15, 0.2) is 18.2 Å². The molecule has 2 N–H and O–H groups in total. The van der Waals surface area contributed by atoms with Crippen molar-refractivity contribution in [2.75, 3.05) is 5.32 Å². The third kappa shape index (κ3) is 2.88. The number of carbonyl (C=O) groups is 1. The second-order valence-corrected chi connectivity index (χ2v) is 5.44. The first-order valence-electron chi connectivity index (χ1n) is 6.76. The van der Waals surface area contributed by atoms with Gasteiger partial charge in [0.15, 0.2) is 0 Å². The molecule has 1 aromatic rings. The maximum Gasteiger partial charge on any atom is 0.329 e. The molecule has 1 aromatic carbocycles. The van der Waals surface area contributed by atoms with Gasteiger partial charge in [-0.2, -0.15) is 0 Å². The Bertz CT molecular complexity index is 465. The van der Waals surface area contributed by atoms with E-state index in [1.807, 2.05) is 6.92 Å². The molecule has 1 unspecified atom stereocenters. The van der Waals surface area contributed by atoms with Gasteiger partial charge in [0.1, 0.15) is 11.4 Å². The molecule has 1 aliphatic rings. The van der Waals surface area contributed by atoms with Gasteiger partial charge >= 0.3 is 5.97 Å². The number of carboxylic acid groups (broad SMARTS) is 1. The molecule has 0 amide bonds. The van der Waals surface area contributed by atoms with Crippen LogP contribution in [0.2, 0.25) is 0 Å². The summed E-state index contributed by atoms with van der Waals surface area (Å²) in [6.07, 6.45) is 3.19. The highest BCUT2D eigenvalue weighted by atomic mass is 19.1. The molecule has 0 radical (unpaired) electrons. The van der Waals surface area contributed by atoms with Crippen LogP contribution in [0.1, 0.15) is 38.2 Å². The minimum absolute atomic E-state index is 0.147. The standard InChI is InChI=1S/C15H20FNO2/c1-3-6-15(14(18)19,11-4-5-11)17-13-8-10(2)7-12(16)9-13/h7-9,11,17H,3-6H2,1-2H3,(H,18,19). The summed E-state index contributed by atoms with van der Waals surface area (Å²) in [5, 5.41) is 12.7. The fraction of sp³-hybridized carbons (Fsp3) is 0.533. The van der Waals surface area contributed by atoms with Crippen molar-refractivity contribution < 1.29 is 14.3 Å². The number of aryl methyl sites for hydroxylation is 1. The summed E-state index contributed by atoms with van der Waals surface area (Å²) < 4.78 is 13.4. The average molecular weight is 265 g/mol. The van der Waals surface area contributed by atoms with Crippen molar-refractivity contribution in [1.29, 1.82) is 0 Å². The molecule has 1 atom stereocenters. The van der Waals surface area contributed by atoms with Gasteiger partial charge in [0.05, 0.1) is 0 Å². The number of hydrogen-bond acceptors (Lipinski definition) is 2. The molecule has 1 saturated carbocycles. The maximum absolute atomic E-state index is 13.4. The summed E-state index contributed by atoms with van der Waals surface area (Å²) in [7, 11) is 0. The number of rotatable bonds is 6. The Morgan fingerprint density at radius 2 is 2.16 bits per heavy atom. The van der Waals surface area contributed by atoms with Crippen molar-refractivity contribution in [3.63, 3.8) is 0 Å². The molecule has 2 rings (SSSR count). The summed E-state index contributed by atoms with van der Waals surface area (Å²) in [4.78, 5) is 11.7. The van der Waals surface area contributed by atoms with E-state index in [0.29, 0.717) is 12.1 Å². The predicted molar refractivity (Wildman–Crippen MR) is 72.8 cm³/mol. The zero-order valence-electron chi connectivity index (χ0n) is 11.4. The molecule has 3 nitrogen and oxygen atoms in total. The summed E-state index contributed by atoms with van der Waals surface area (Å²) in [6, 6.07) is 4.59. The summed E-state index contributed by atoms with van der Waals surface area (Å²) in [5.74, 6) is -1.03. The lowest BCUT2D eigenvalue weighted by atomic mass is 9.87. The van der Waals surface area contributed by atoms with E-state index in [1.165, 1.54) is 12.1 Å². The third-order valence-corrected chi connectivity index (χ3v) is 3.71. The van der Waals surface area contributed by atoms with Crippen LogP contribution in [0.5, 0.6) is 0 Å². The topological polar surface area (TPSA) is 49.3 Å². The molecule has 0 bridgehead atoms. The first kappa shape index (κ1) is 13.8. The van der Waals surface area contributed by atoms with E-state index in [-0.39, 0.29) is 11.7 Å². The summed E-state index contributed by atoms with van der Waals surface area (Å²) in [5.41, 5.74) is 0.393. The van der Waals surface area contributed by atoms with Crippen LogP contribution in [0, 0.1) is 18.7 Å². The zero-order valence-corrected chi connectivity index (χ0v) is 11.4. The van der Waals surface area contributed by atoms with E-state index in [4.69, 9.17) is 0 Å². The van der Waals surface area contributed by atoms with Crippen LogP contribution in [0.3, 0.4) is 0 Å². The van der Waals surface area contributed by atoms with Crippen LogP contribution in [-0.4, -0.2) is 16.6 Å². The zero-order chi connectivity index (χ0) is 14.0. The van der Waals surface area contributed by atoms with Gasteiger partial charge in [0.2, 0.25) is 0 Å². The van der Waals surface area contributed by atoms with E-state index < -0.39 is 11.5 Å². The van der Waals surface area contributed by atoms with Crippen LogP contribution in [0.4, 0.5) is 10.1 Å². The first-order chi connectivity index (χ1) is 8.98. The van der Waals surface area contributed by atoms with Gasteiger partial charge in [-0.25, -0.2) is 9.18 Å². The smallest absolute Gasteiger partial charge is 0.329 e. The minimum Gasteiger partial charge on any atom is -0.479 e. The van der Waals surface area contributed by atoms with E-state index in [0.717, 1.165) is 24.8 Å². The number of halogens is 1. The van der Waals surface area contributed by atoms with Crippen molar-refractivity contribution in [3.05, 3.63) is 29.6 Å². The molecule has 0 aliphatic heterocycles. The molecule has 19 heavy (non-hydrogen) atoms. The molecule has 0 saturated heterocycles. The molecule has 0 aromatic heterocycles. The van der Waals surface area contributed by atoms with Gasteiger partial charge in [-0.3, -0.25) is 0 Å². The van der Waals surface area contributed by atoms with E-state index in [2.05, 4.69) is 5.32 Å². The molecule has 104 valence electrons. The molecule has 1 aliphatic carbocycles. The Kier molecular flexibility index (Phi) is 3.78. The van der Waals surface area contributed by atoms with Gasteiger partial charge in [-0.15, -0.1) is 0 Å². The van der Waals surface area contributed by atoms with Crippen molar-refractivity contribution in [1.82, 2.24) is 0 Å². The number of nitrogens with one attached hydrogen (secondary N) is 1. The Morgan fingerprint density at radius 1 is 1.47 bits per heavy atom. The van der Waals surface area contributed by atoms with Crippen LogP contribution < -0.4 is 5.32 Å². The normalized spacial score (nSPS) is 17.8. The molecule has 0 heterocycles. The van der Waals surface area contributed by atoms with Crippen molar-refractivity contribution in [2.45, 2.75) is 45.1 Å². The highest BCUT2D eigenvalue weighted by molar-refractivity contribution is 5.84. The van der Waals surface area contributed by atoms with Gasteiger partial charge in [-0.1, -0.05) is 13.3 Å². The minimum atomic E-state index is -0.949. The van der Waals surface area contributed by atoms with E-state index in [9.17, 15) is 14.3 Å².